The first kappa shape index (κ1) is 15.9. The van der Waals surface area contributed by atoms with Crippen LogP contribution in [0.4, 0.5) is 4.39 Å². The molecule has 19 heavy (non-hydrogen) atoms. The molecule has 0 radical (unpaired) electrons. The van der Waals surface area contributed by atoms with Gasteiger partial charge in [0.2, 0.25) is 8.32 Å². The van der Waals surface area contributed by atoms with Gasteiger partial charge >= 0.3 is 0 Å². The molecule has 0 fully saturated rings. The van der Waals surface area contributed by atoms with Crippen LogP contribution in [0.5, 0.6) is 0 Å². The zero-order chi connectivity index (χ0) is 14.1. The van der Waals surface area contributed by atoms with Gasteiger partial charge in [0.1, 0.15) is 12.1 Å². The number of hydrogen-bond acceptors (Lipinski definition) is 2. The topological polar surface area (TPSA) is 18.5 Å². The van der Waals surface area contributed by atoms with Gasteiger partial charge in [-0.2, -0.15) is 0 Å². The van der Waals surface area contributed by atoms with E-state index >= 15 is 0 Å². The predicted octanol–water partition coefficient (Wildman–Crippen LogP) is 4.65. The van der Waals surface area contributed by atoms with Gasteiger partial charge in [-0.3, -0.25) is 0 Å². The number of halogens is 1. The second kappa shape index (κ2) is 8.12. The van der Waals surface area contributed by atoms with Crippen molar-refractivity contribution in [1.29, 1.82) is 0 Å². The fourth-order valence-corrected chi connectivity index (χ4v) is 2.57. The molecule has 0 aliphatic carbocycles. The normalized spacial score (nSPS) is 12.5. The lowest BCUT2D eigenvalue weighted by atomic mass is 10.2. The van der Waals surface area contributed by atoms with Crippen LogP contribution in [0, 0.1) is 0 Å². The summed E-state index contributed by atoms with van der Waals surface area (Å²) in [5.74, 6) is 0.447. The van der Waals surface area contributed by atoms with E-state index in [1.54, 1.807) is 0 Å². The minimum atomic E-state index is -1.71. The molecule has 106 valence electrons. The second-order valence-corrected chi connectivity index (χ2v) is 9.86. The van der Waals surface area contributed by atoms with E-state index < -0.39 is 8.32 Å². The first-order valence-electron chi connectivity index (χ1n) is 6.61. The monoisotopic (exact) mass is 282 g/mol. The van der Waals surface area contributed by atoms with Crippen molar-refractivity contribution >= 4 is 8.32 Å². The Morgan fingerprint density at radius 1 is 1.21 bits per heavy atom. The van der Waals surface area contributed by atoms with E-state index in [4.69, 9.17) is 9.16 Å². The van der Waals surface area contributed by atoms with Gasteiger partial charge in [0, 0.05) is 13.0 Å². The van der Waals surface area contributed by atoms with Crippen LogP contribution in [-0.4, -0.2) is 14.9 Å². The van der Waals surface area contributed by atoms with Crippen molar-refractivity contribution in [3.63, 3.8) is 0 Å². The third-order valence-electron chi connectivity index (χ3n) is 2.38. The lowest BCUT2D eigenvalue weighted by Crippen LogP contribution is -2.24. The Morgan fingerprint density at radius 2 is 1.89 bits per heavy atom. The highest BCUT2D eigenvalue weighted by Gasteiger charge is 2.17. The fraction of sp³-hybridized carbons (Fsp3) is 0.467. The Bertz CT molecular complexity index is 385. The van der Waals surface area contributed by atoms with Crippen molar-refractivity contribution in [2.24, 2.45) is 0 Å². The number of ether oxygens (including phenoxy) is 1. The highest BCUT2D eigenvalue weighted by molar-refractivity contribution is 6.70. The van der Waals surface area contributed by atoms with E-state index in [-0.39, 0.29) is 0 Å². The summed E-state index contributed by atoms with van der Waals surface area (Å²) in [4.78, 5) is 0. The summed E-state index contributed by atoms with van der Waals surface area (Å²) in [5, 5.41) is 0. The summed E-state index contributed by atoms with van der Waals surface area (Å²) < 4.78 is 23.8. The zero-order valence-electron chi connectivity index (χ0n) is 12.0. The average Bonchev–Trinajstić information content (AvgIpc) is 2.37. The summed E-state index contributed by atoms with van der Waals surface area (Å²) in [7, 11) is -1.71. The summed E-state index contributed by atoms with van der Waals surface area (Å²) in [6, 6.07) is 10.0. The maximum Gasteiger partial charge on any atom is 0.241 e. The van der Waals surface area contributed by atoms with Gasteiger partial charge in [0.25, 0.3) is 0 Å². The lowest BCUT2D eigenvalue weighted by molar-refractivity contribution is 0.116. The van der Waals surface area contributed by atoms with Crippen molar-refractivity contribution in [3.05, 3.63) is 48.0 Å². The number of allylic oxidation sites excluding steroid dienone is 1. The highest BCUT2D eigenvalue weighted by atomic mass is 28.4. The molecule has 0 bridgehead atoms. The molecule has 1 rings (SSSR count). The molecule has 0 amide bonds. The molecular formula is C15H23FO2Si. The maximum absolute atomic E-state index is 12.7. The molecule has 1 aromatic rings. The summed E-state index contributed by atoms with van der Waals surface area (Å²) in [6.45, 7) is 7.35. The molecule has 0 spiro atoms. The molecule has 0 unspecified atom stereocenters. The second-order valence-electron chi connectivity index (χ2n) is 5.43. The van der Waals surface area contributed by atoms with Crippen LogP contribution < -0.4 is 0 Å². The van der Waals surface area contributed by atoms with Crippen molar-refractivity contribution < 1.29 is 13.6 Å². The van der Waals surface area contributed by atoms with Gasteiger partial charge < -0.3 is 9.16 Å². The number of hydrogen-bond donors (Lipinski definition) is 0. The molecule has 0 saturated carbocycles. The van der Waals surface area contributed by atoms with E-state index in [1.807, 2.05) is 50.0 Å². The molecule has 0 atom stereocenters. The van der Waals surface area contributed by atoms with Crippen LogP contribution in [0.1, 0.15) is 18.4 Å². The van der Waals surface area contributed by atoms with Crippen LogP contribution in [0.15, 0.2) is 42.4 Å². The molecular weight excluding hydrogens is 259 g/mol. The predicted molar refractivity (Wildman–Crippen MR) is 79.0 cm³/mol. The summed E-state index contributed by atoms with van der Waals surface area (Å²) >= 11 is 0. The minimum Gasteiger partial charge on any atom is -0.546 e. The summed E-state index contributed by atoms with van der Waals surface area (Å²) in [5.41, 5.74) is 1.15. The Balaban J connectivity index is 2.16. The maximum atomic E-state index is 12.7. The molecule has 0 saturated heterocycles. The van der Waals surface area contributed by atoms with Gasteiger partial charge in [-0.05, 0) is 31.6 Å². The van der Waals surface area contributed by atoms with Crippen LogP contribution in [0.3, 0.4) is 0 Å². The molecule has 2 nitrogen and oxygen atoms in total. The first-order valence-corrected chi connectivity index (χ1v) is 10.0. The minimum absolute atomic E-state index is 0.447. The molecule has 0 heterocycles. The molecule has 0 aliphatic heterocycles. The van der Waals surface area contributed by atoms with Gasteiger partial charge in [-0.25, -0.2) is 4.39 Å². The summed E-state index contributed by atoms with van der Waals surface area (Å²) in [6.07, 6.45) is 1.94. The van der Waals surface area contributed by atoms with Crippen molar-refractivity contribution in [1.82, 2.24) is 0 Å². The van der Waals surface area contributed by atoms with Crippen LogP contribution in [0.2, 0.25) is 19.6 Å². The zero-order valence-corrected chi connectivity index (χ0v) is 13.0. The van der Waals surface area contributed by atoms with E-state index in [2.05, 4.69) is 0 Å². The van der Waals surface area contributed by atoms with Gasteiger partial charge in [-0.15, -0.1) is 0 Å². The Kier molecular flexibility index (Phi) is 6.81. The van der Waals surface area contributed by atoms with E-state index in [0.29, 0.717) is 31.7 Å². The molecule has 1 aromatic carbocycles. The Morgan fingerprint density at radius 3 is 2.47 bits per heavy atom. The smallest absolute Gasteiger partial charge is 0.241 e. The quantitative estimate of drug-likeness (QED) is 0.393. The SMILES string of the molecule is C[Si](C)(C)O/C(=C\F)CCCOCc1ccccc1. The van der Waals surface area contributed by atoms with Gasteiger partial charge in [0.05, 0.1) is 6.61 Å². The molecule has 4 heteroatoms. The number of rotatable bonds is 8. The third kappa shape index (κ3) is 7.80. The van der Waals surface area contributed by atoms with E-state index in [0.717, 1.165) is 12.0 Å². The average molecular weight is 282 g/mol. The standard InChI is InChI=1S/C15H23FO2Si/c1-19(2,3)18-15(12-16)10-7-11-17-13-14-8-5-4-6-9-14/h4-6,8-9,12H,7,10-11,13H2,1-3H3/b15-12-. The lowest BCUT2D eigenvalue weighted by Gasteiger charge is -2.20. The number of benzene rings is 1. The van der Waals surface area contributed by atoms with E-state index in [1.165, 1.54) is 0 Å². The van der Waals surface area contributed by atoms with Crippen molar-refractivity contribution in [2.45, 2.75) is 39.1 Å². The van der Waals surface area contributed by atoms with Crippen molar-refractivity contribution in [3.8, 4) is 0 Å². The molecule has 0 aliphatic rings. The highest BCUT2D eigenvalue weighted by Crippen LogP contribution is 2.15. The fourth-order valence-electron chi connectivity index (χ4n) is 1.63. The molecule has 0 N–H and O–H groups in total. The van der Waals surface area contributed by atoms with Crippen molar-refractivity contribution in [2.75, 3.05) is 6.61 Å². The largest absolute Gasteiger partial charge is 0.546 e. The van der Waals surface area contributed by atoms with Crippen LogP contribution >= 0.6 is 0 Å². The first-order chi connectivity index (χ1) is 9.01. The van der Waals surface area contributed by atoms with E-state index in [9.17, 15) is 4.39 Å². The molecule has 0 aromatic heterocycles. The van der Waals surface area contributed by atoms with Gasteiger partial charge in [0.15, 0.2) is 0 Å². The third-order valence-corrected chi connectivity index (χ3v) is 3.26. The van der Waals surface area contributed by atoms with Crippen LogP contribution in [-0.2, 0) is 15.8 Å². The Hall–Kier alpha value is -1.13. The van der Waals surface area contributed by atoms with Crippen LogP contribution in [0.25, 0.3) is 0 Å². The Labute approximate surface area is 116 Å². The van der Waals surface area contributed by atoms with Gasteiger partial charge in [-0.1, -0.05) is 30.3 Å².